The highest BCUT2D eigenvalue weighted by atomic mass is 32.2. The zero-order valence-electron chi connectivity index (χ0n) is 12.5. The van der Waals surface area contributed by atoms with Gasteiger partial charge in [-0.05, 0) is 54.5 Å². The number of imidazole rings is 1. The first-order valence-corrected chi connectivity index (χ1v) is 9.03. The Morgan fingerprint density at radius 2 is 2.05 bits per heavy atom. The summed E-state index contributed by atoms with van der Waals surface area (Å²) in [6, 6.07) is 14.5. The van der Waals surface area contributed by atoms with Crippen LogP contribution in [0.5, 0.6) is 0 Å². The number of para-hydroxylation sites is 1. The molecular weight excluding hydrogens is 290 g/mol. The fraction of sp³-hybridized carbons (Fsp3) is 0.333. The van der Waals surface area contributed by atoms with E-state index in [4.69, 9.17) is 4.98 Å². The molecule has 0 saturated carbocycles. The number of aromatic nitrogens is 3. The summed E-state index contributed by atoms with van der Waals surface area (Å²) >= 11 is 2.08. The summed E-state index contributed by atoms with van der Waals surface area (Å²) in [6.45, 7) is 0. The molecule has 0 bridgehead atoms. The topological polar surface area (TPSA) is 30.7 Å². The molecule has 0 amide bonds. The number of hydrogen-bond donors (Lipinski definition) is 0. The number of hydrogen-bond acceptors (Lipinski definition) is 3. The van der Waals surface area contributed by atoms with E-state index in [1.807, 2.05) is 18.3 Å². The Balaban J connectivity index is 1.79. The van der Waals surface area contributed by atoms with Gasteiger partial charge in [-0.3, -0.25) is 4.57 Å². The third kappa shape index (κ3) is 2.63. The van der Waals surface area contributed by atoms with Crippen LogP contribution in [0.15, 0.2) is 48.7 Å². The Morgan fingerprint density at radius 1 is 1.14 bits per heavy atom. The van der Waals surface area contributed by atoms with Gasteiger partial charge in [-0.25, -0.2) is 9.97 Å². The van der Waals surface area contributed by atoms with E-state index >= 15 is 0 Å². The zero-order chi connectivity index (χ0) is 14.8. The molecule has 4 rings (SSSR count). The van der Waals surface area contributed by atoms with E-state index in [1.165, 1.54) is 24.3 Å². The van der Waals surface area contributed by atoms with Gasteiger partial charge in [0.2, 0.25) is 0 Å². The summed E-state index contributed by atoms with van der Waals surface area (Å²) < 4.78 is 2.23. The Bertz CT molecular complexity index is 760. The highest BCUT2D eigenvalue weighted by Gasteiger charge is 2.20. The van der Waals surface area contributed by atoms with Crippen molar-refractivity contribution in [2.45, 2.75) is 19.3 Å². The van der Waals surface area contributed by atoms with Crippen LogP contribution in [0.2, 0.25) is 0 Å². The van der Waals surface area contributed by atoms with Gasteiger partial charge in [0.05, 0.1) is 0 Å². The van der Waals surface area contributed by atoms with Gasteiger partial charge in [-0.2, -0.15) is 11.8 Å². The summed E-state index contributed by atoms with van der Waals surface area (Å²) in [4.78, 5) is 9.44. The third-order valence-electron chi connectivity index (χ3n) is 4.23. The van der Waals surface area contributed by atoms with E-state index in [0.29, 0.717) is 0 Å². The van der Waals surface area contributed by atoms with Crippen molar-refractivity contribution in [1.82, 2.24) is 14.5 Å². The normalized spacial score (nSPS) is 18.6. The van der Waals surface area contributed by atoms with Crippen molar-refractivity contribution in [2.24, 2.45) is 5.92 Å². The highest BCUT2D eigenvalue weighted by molar-refractivity contribution is 7.99. The van der Waals surface area contributed by atoms with Crippen LogP contribution in [0, 0.1) is 5.92 Å². The van der Waals surface area contributed by atoms with Crippen LogP contribution < -0.4 is 0 Å². The molecule has 0 aliphatic carbocycles. The molecule has 1 unspecified atom stereocenters. The lowest BCUT2D eigenvalue weighted by atomic mass is 10.0. The van der Waals surface area contributed by atoms with E-state index in [0.717, 1.165) is 35.0 Å². The number of thioether (sulfide) groups is 1. The largest absolute Gasteiger partial charge is 0.281 e. The molecular formula is C18H19N3S. The molecule has 2 aromatic heterocycles. The minimum absolute atomic E-state index is 0.734. The molecule has 1 fully saturated rings. The van der Waals surface area contributed by atoms with Crippen molar-refractivity contribution in [3.8, 4) is 5.69 Å². The maximum Gasteiger partial charge on any atom is 0.164 e. The summed E-state index contributed by atoms with van der Waals surface area (Å²) in [5.41, 5.74) is 3.11. The number of benzene rings is 1. The molecule has 0 radical (unpaired) electrons. The van der Waals surface area contributed by atoms with Crippen molar-refractivity contribution < 1.29 is 0 Å². The summed E-state index contributed by atoms with van der Waals surface area (Å²) in [5, 5.41) is 0. The summed E-state index contributed by atoms with van der Waals surface area (Å²) in [5.74, 6) is 4.45. The first-order valence-electron chi connectivity index (χ1n) is 7.87. The Kier molecular flexibility index (Phi) is 3.85. The second-order valence-corrected chi connectivity index (χ2v) is 6.98. The monoisotopic (exact) mass is 309 g/mol. The summed E-state index contributed by atoms with van der Waals surface area (Å²) in [6.07, 6.45) is 5.54. The standard InChI is InChI=1S/C18H19N3S/c1-2-7-15(8-3-1)21-17(12-14-6-5-11-22-13-14)20-16-9-4-10-19-18(16)21/h1-4,7-10,14H,5-6,11-13H2. The smallest absolute Gasteiger partial charge is 0.164 e. The van der Waals surface area contributed by atoms with E-state index in [9.17, 15) is 0 Å². The van der Waals surface area contributed by atoms with Gasteiger partial charge in [-0.1, -0.05) is 18.2 Å². The van der Waals surface area contributed by atoms with Gasteiger partial charge in [0.1, 0.15) is 11.3 Å². The van der Waals surface area contributed by atoms with Gasteiger partial charge in [0.25, 0.3) is 0 Å². The summed E-state index contributed by atoms with van der Waals surface area (Å²) in [7, 11) is 0. The maximum atomic E-state index is 4.87. The average Bonchev–Trinajstić information content (AvgIpc) is 2.94. The van der Waals surface area contributed by atoms with Crippen molar-refractivity contribution >= 4 is 22.9 Å². The molecule has 22 heavy (non-hydrogen) atoms. The Hall–Kier alpha value is -1.81. The molecule has 3 nitrogen and oxygen atoms in total. The lowest BCUT2D eigenvalue weighted by Gasteiger charge is -2.21. The van der Waals surface area contributed by atoms with Crippen LogP contribution in [-0.2, 0) is 6.42 Å². The average molecular weight is 309 g/mol. The lowest BCUT2D eigenvalue weighted by Crippen LogP contribution is -2.16. The van der Waals surface area contributed by atoms with Crippen molar-refractivity contribution in [2.75, 3.05) is 11.5 Å². The highest BCUT2D eigenvalue weighted by Crippen LogP contribution is 2.28. The molecule has 3 heterocycles. The fourth-order valence-electron chi connectivity index (χ4n) is 3.17. The second kappa shape index (κ2) is 6.13. The third-order valence-corrected chi connectivity index (χ3v) is 5.51. The molecule has 4 heteroatoms. The van der Waals surface area contributed by atoms with Crippen LogP contribution in [0.1, 0.15) is 18.7 Å². The molecule has 0 spiro atoms. The molecule has 0 N–H and O–H groups in total. The number of nitrogens with zero attached hydrogens (tertiary/aromatic N) is 3. The van der Waals surface area contributed by atoms with E-state index in [2.05, 4.69) is 51.6 Å². The number of rotatable bonds is 3. The minimum Gasteiger partial charge on any atom is -0.281 e. The SMILES string of the molecule is c1ccc(-n2c(CC3CCCSC3)nc3cccnc32)cc1. The quantitative estimate of drug-likeness (QED) is 0.729. The molecule has 3 aromatic rings. The van der Waals surface area contributed by atoms with Crippen LogP contribution >= 0.6 is 11.8 Å². The maximum absolute atomic E-state index is 4.87. The lowest BCUT2D eigenvalue weighted by molar-refractivity contribution is 0.506. The van der Waals surface area contributed by atoms with E-state index < -0.39 is 0 Å². The minimum atomic E-state index is 0.734. The van der Waals surface area contributed by atoms with Crippen LogP contribution in [-0.4, -0.2) is 26.0 Å². The van der Waals surface area contributed by atoms with E-state index in [1.54, 1.807) is 0 Å². The predicted molar refractivity (Wildman–Crippen MR) is 92.6 cm³/mol. The molecule has 1 aliphatic heterocycles. The van der Waals surface area contributed by atoms with Gasteiger partial charge >= 0.3 is 0 Å². The van der Waals surface area contributed by atoms with Crippen LogP contribution in [0.25, 0.3) is 16.9 Å². The van der Waals surface area contributed by atoms with Crippen LogP contribution in [0.3, 0.4) is 0 Å². The zero-order valence-corrected chi connectivity index (χ0v) is 13.3. The van der Waals surface area contributed by atoms with Crippen molar-refractivity contribution in [1.29, 1.82) is 0 Å². The molecule has 112 valence electrons. The molecule has 1 saturated heterocycles. The molecule has 1 aromatic carbocycles. The van der Waals surface area contributed by atoms with E-state index in [-0.39, 0.29) is 0 Å². The fourth-order valence-corrected chi connectivity index (χ4v) is 4.33. The van der Waals surface area contributed by atoms with Crippen molar-refractivity contribution in [3.63, 3.8) is 0 Å². The Labute approximate surface area is 134 Å². The number of fused-ring (bicyclic) bond motifs is 1. The van der Waals surface area contributed by atoms with Crippen molar-refractivity contribution in [3.05, 3.63) is 54.5 Å². The molecule has 1 atom stereocenters. The Morgan fingerprint density at radius 3 is 2.86 bits per heavy atom. The van der Waals surface area contributed by atoms with Crippen LogP contribution in [0.4, 0.5) is 0 Å². The predicted octanol–water partition coefficient (Wildman–Crippen LogP) is 4.11. The van der Waals surface area contributed by atoms with Gasteiger partial charge in [-0.15, -0.1) is 0 Å². The second-order valence-electron chi connectivity index (χ2n) is 5.83. The first-order chi connectivity index (χ1) is 10.9. The van der Waals surface area contributed by atoms with Gasteiger partial charge in [0, 0.05) is 18.3 Å². The number of pyridine rings is 1. The first kappa shape index (κ1) is 13.8. The van der Waals surface area contributed by atoms with Gasteiger partial charge < -0.3 is 0 Å². The molecule has 1 aliphatic rings. The van der Waals surface area contributed by atoms with Gasteiger partial charge in [0.15, 0.2) is 5.65 Å².